The molecule has 5 nitrogen and oxygen atoms in total. The minimum absolute atomic E-state index is 0.00342. The van der Waals surface area contributed by atoms with Crippen molar-refractivity contribution in [2.24, 2.45) is 0 Å². The van der Waals surface area contributed by atoms with E-state index in [0.717, 1.165) is 29.4 Å². The van der Waals surface area contributed by atoms with Crippen LogP contribution in [0.5, 0.6) is 0 Å². The minimum Gasteiger partial charge on any atom is -0.351 e. The molecule has 0 aliphatic rings. The summed E-state index contributed by atoms with van der Waals surface area (Å²) < 4.78 is 15.1. The lowest BCUT2D eigenvalue weighted by Gasteiger charge is -2.14. The summed E-state index contributed by atoms with van der Waals surface area (Å²) in [6.07, 6.45) is 5.83. The molecule has 4 rings (SSSR count). The molecule has 0 atom stereocenters. The van der Waals surface area contributed by atoms with E-state index in [-0.39, 0.29) is 17.4 Å². The number of carbonyl (C=O) groups excluding carboxylic acids is 2. The van der Waals surface area contributed by atoms with Crippen molar-refractivity contribution in [3.63, 3.8) is 0 Å². The lowest BCUT2D eigenvalue weighted by molar-refractivity contribution is 0.0946. The van der Waals surface area contributed by atoms with Crippen LogP contribution in [0.4, 0.5) is 4.39 Å². The second kappa shape index (κ2) is 11.0. The Morgan fingerprint density at radius 1 is 0.971 bits per heavy atom. The molecule has 0 radical (unpaired) electrons. The van der Waals surface area contributed by atoms with Gasteiger partial charge >= 0.3 is 0 Å². The number of fused-ring (bicyclic) bond motifs is 1. The fourth-order valence-electron chi connectivity index (χ4n) is 4.07. The highest BCUT2D eigenvalue weighted by molar-refractivity contribution is 6.02. The van der Waals surface area contributed by atoms with E-state index in [9.17, 15) is 9.59 Å². The van der Waals surface area contributed by atoms with Gasteiger partial charge < -0.3 is 5.32 Å². The topological polar surface area (TPSA) is 72.0 Å². The first kappa shape index (κ1) is 24.2. The quantitative estimate of drug-likeness (QED) is 0.236. The zero-order valence-corrected chi connectivity index (χ0v) is 20.0. The predicted octanol–water partition coefficient (Wildman–Crippen LogP) is 6.15. The Labute approximate surface area is 204 Å². The van der Waals surface area contributed by atoms with Gasteiger partial charge in [-0.05, 0) is 36.1 Å². The van der Waals surface area contributed by atoms with Crippen molar-refractivity contribution < 1.29 is 14.0 Å². The summed E-state index contributed by atoms with van der Waals surface area (Å²) in [6.45, 7) is 4.47. The maximum atomic E-state index is 15.1. The number of unbranched alkanes of at least 4 members (excludes halogenated alkanes) is 1. The van der Waals surface area contributed by atoms with E-state index in [0.29, 0.717) is 41.6 Å². The number of hydrogen-bond acceptors (Lipinski definition) is 4. The highest BCUT2D eigenvalue weighted by atomic mass is 19.1. The summed E-state index contributed by atoms with van der Waals surface area (Å²) in [5.74, 6) is -0.690. The van der Waals surface area contributed by atoms with Crippen LogP contribution in [0.2, 0.25) is 0 Å². The fourth-order valence-corrected chi connectivity index (χ4v) is 4.07. The van der Waals surface area contributed by atoms with E-state index in [1.807, 2.05) is 37.3 Å². The van der Waals surface area contributed by atoms with Crippen LogP contribution < -0.4 is 5.32 Å². The molecule has 0 unspecified atom stereocenters. The second-order valence-corrected chi connectivity index (χ2v) is 8.48. The number of nitrogens with one attached hydrogen (secondary N) is 1. The summed E-state index contributed by atoms with van der Waals surface area (Å²) in [4.78, 5) is 33.6. The van der Waals surface area contributed by atoms with Gasteiger partial charge in [-0.2, -0.15) is 0 Å². The van der Waals surface area contributed by atoms with E-state index in [1.165, 1.54) is 12.3 Å². The van der Waals surface area contributed by atoms with Gasteiger partial charge in [0.1, 0.15) is 11.5 Å². The molecule has 1 N–H and O–H groups in total. The van der Waals surface area contributed by atoms with E-state index in [2.05, 4.69) is 22.2 Å². The average Bonchev–Trinajstić information content (AvgIpc) is 2.89. The van der Waals surface area contributed by atoms with E-state index >= 15 is 4.39 Å². The van der Waals surface area contributed by atoms with Gasteiger partial charge in [0.25, 0.3) is 5.91 Å². The number of carbonyl (C=O) groups is 2. The molecule has 2 heterocycles. The zero-order valence-electron chi connectivity index (χ0n) is 20.0. The molecule has 0 saturated carbocycles. The number of ketones is 1. The molecule has 0 aliphatic heterocycles. The van der Waals surface area contributed by atoms with Crippen LogP contribution >= 0.6 is 0 Å². The van der Waals surface area contributed by atoms with E-state index in [4.69, 9.17) is 0 Å². The van der Waals surface area contributed by atoms with Gasteiger partial charge in [-0.3, -0.25) is 19.6 Å². The molecule has 0 aliphatic carbocycles. The smallest absolute Gasteiger partial charge is 0.269 e. The van der Waals surface area contributed by atoms with Crippen molar-refractivity contribution in [1.82, 2.24) is 15.3 Å². The van der Waals surface area contributed by atoms with E-state index in [1.54, 1.807) is 24.4 Å². The number of halogens is 1. The molecule has 0 saturated heterocycles. The predicted molar refractivity (Wildman–Crippen MR) is 136 cm³/mol. The molecular weight excluding hydrogens is 441 g/mol. The summed E-state index contributed by atoms with van der Waals surface area (Å²) >= 11 is 0. The third-order valence-electron chi connectivity index (χ3n) is 6.04. The molecule has 6 heteroatoms. The molecule has 1 amide bonds. The van der Waals surface area contributed by atoms with Crippen LogP contribution in [0.1, 0.15) is 65.1 Å². The van der Waals surface area contributed by atoms with Gasteiger partial charge in [-0.25, -0.2) is 4.39 Å². The van der Waals surface area contributed by atoms with Crippen molar-refractivity contribution in [2.45, 2.75) is 39.5 Å². The van der Waals surface area contributed by atoms with Crippen LogP contribution in [0.25, 0.3) is 22.0 Å². The van der Waals surface area contributed by atoms with Crippen molar-refractivity contribution in [3.05, 3.63) is 95.2 Å². The maximum absolute atomic E-state index is 15.1. The number of Topliss-reactive ketones (excluding diaryl/α,β-unsaturated/α-hetero) is 1. The third kappa shape index (κ3) is 5.43. The van der Waals surface area contributed by atoms with Crippen LogP contribution in [0.3, 0.4) is 0 Å². The van der Waals surface area contributed by atoms with Crippen LogP contribution in [-0.4, -0.2) is 28.2 Å². The summed E-state index contributed by atoms with van der Waals surface area (Å²) in [5.41, 5.74) is 4.11. The van der Waals surface area contributed by atoms with Gasteiger partial charge in [-0.1, -0.05) is 56.7 Å². The molecule has 35 heavy (non-hydrogen) atoms. The highest BCUT2D eigenvalue weighted by Crippen LogP contribution is 2.31. The Bertz CT molecular complexity index is 1350. The molecule has 0 fully saturated rings. The summed E-state index contributed by atoms with van der Waals surface area (Å²) in [5, 5.41) is 3.56. The van der Waals surface area contributed by atoms with Gasteiger partial charge in [-0.15, -0.1) is 0 Å². The Hall–Kier alpha value is -3.93. The second-order valence-electron chi connectivity index (χ2n) is 8.48. The lowest BCUT2D eigenvalue weighted by Crippen LogP contribution is -2.25. The number of nitrogens with zero attached hydrogens (tertiary/aromatic N) is 2. The Morgan fingerprint density at radius 3 is 2.46 bits per heavy atom. The van der Waals surface area contributed by atoms with Gasteiger partial charge in [0, 0.05) is 53.5 Å². The van der Waals surface area contributed by atoms with Gasteiger partial charge in [0.15, 0.2) is 5.78 Å². The molecule has 0 bridgehead atoms. The molecule has 2 aromatic heterocycles. The first-order chi connectivity index (χ1) is 17.0. The number of aromatic nitrogens is 2. The maximum Gasteiger partial charge on any atom is 0.269 e. The number of pyridine rings is 2. The van der Waals surface area contributed by atoms with Crippen molar-refractivity contribution in [3.8, 4) is 11.1 Å². The van der Waals surface area contributed by atoms with E-state index < -0.39 is 5.82 Å². The number of rotatable bonds is 9. The lowest BCUT2D eigenvalue weighted by atomic mass is 9.92. The zero-order chi connectivity index (χ0) is 24.8. The molecule has 4 aromatic rings. The fraction of sp³-hybridized carbons (Fsp3) is 0.241. The number of benzene rings is 2. The largest absolute Gasteiger partial charge is 0.351 e. The third-order valence-corrected chi connectivity index (χ3v) is 6.04. The Balaban J connectivity index is 1.77. The van der Waals surface area contributed by atoms with Gasteiger partial charge in [0.05, 0.1) is 5.52 Å². The molecule has 0 spiro atoms. The standard InChI is InChI=1S/C29H28FN3O2/c1-3-5-13-31-29(35)26-12-11-20(17-32-26)21-15-23-22(14-19-9-7-6-8-10-19)24(28(34)4-2)18-33-27(23)16-25(21)30/h6-12,15-18H,3-5,13-14H2,1-2H3,(H,31,35). The van der Waals surface area contributed by atoms with Crippen LogP contribution in [0, 0.1) is 5.82 Å². The highest BCUT2D eigenvalue weighted by Gasteiger charge is 2.18. The Morgan fingerprint density at radius 2 is 1.77 bits per heavy atom. The molecular formula is C29H28FN3O2. The van der Waals surface area contributed by atoms with Crippen LogP contribution in [0.15, 0.2) is 67.0 Å². The SMILES string of the molecule is CCCCNC(=O)c1ccc(-c2cc3c(Cc4ccccc4)c(C(=O)CC)cnc3cc2F)cn1. The van der Waals surface area contributed by atoms with Crippen molar-refractivity contribution in [1.29, 1.82) is 0 Å². The Kier molecular flexibility index (Phi) is 7.60. The van der Waals surface area contributed by atoms with Gasteiger partial charge in [0.2, 0.25) is 0 Å². The first-order valence-corrected chi connectivity index (χ1v) is 11.9. The van der Waals surface area contributed by atoms with Crippen LogP contribution in [-0.2, 0) is 6.42 Å². The number of hydrogen-bond donors (Lipinski definition) is 1. The molecule has 178 valence electrons. The minimum atomic E-state index is -0.438. The summed E-state index contributed by atoms with van der Waals surface area (Å²) in [7, 11) is 0. The molecule has 2 aromatic carbocycles. The average molecular weight is 470 g/mol. The van der Waals surface area contributed by atoms with Crippen molar-refractivity contribution >= 4 is 22.6 Å². The number of amides is 1. The monoisotopic (exact) mass is 469 g/mol. The first-order valence-electron chi connectivity index (χ1n) is 11.9. The van der Waals surface area contributed by atoms with Crippen molar-refractivity contribution in [2.75, 3.05) is 6.54 Å². The normalized spacial score (nSPS) is 10.9. The summed E-state index contributed by atoms with van der Waals surface area (Å²) in [6, 6.07) is 16.3.